The summed E-state index contributed by atoms with van der Waals surface area (Å²) in [6.45, 7) is 2.25. The Morgan fingerprint density at radius 3 is 2.33 bits per heavy atom. The zero-order chi connectivity index (χ0) is 15.2. The Bertz CT molecular complexity index is 573. The van der Waals surface area contributed by atoms with Gasteiger partial charge in [-0.15, -0.1) is 11.8 Å². The zero-order valence-electron chi connectivity index (χ0n) is 12.5. The van der Waals surface area contributed by atoms with Gasteiger partial charge in [0.15, 0.2) is 0 Å². The monoisotopic (exact) mass is 365 g/mol. The van der Waals surface area contributed by atoms with Gasteiger partial charge in [0.05, 0.1) is 7.11 Å². The first-order valence-corrected chi connectivity index (χ1v) is 8.55. The van der Waals surface area contributed by atoms with E-state index in [9.17, 15) is 0 Å². The maximum Gasteiger partial charge on any atom is 0.118 e. The standard InChI is InChI=1S/C17H20BrNOS/c1-12(21-16-7-5-4-6-15(16)18)17(19-2)13-8-10-14(20-3)11-9-13/h4-12,17,19H,1-3H3. The van der Waals surface area contributed by atoms with Gasteiger partial charge in [-0.1, -0.05) is 31.2 Å². The lowest BCUT2D eigenvalue weighted by atomic mass is 10.0. The number of hydrogen-bond donors (Lipinski definition) is 1. The molecule has 2 aromatic rings. The average molecular weight is 366 g/mol. The van der Waals surface area contributed by atoms with Crippen LogP contribution in [-0.4, -0.2) is 19.4 Å². The fourth-order valence-electron chi connectivity index (χ4n) is 2.29. The molecule has 4 heteroatoms. The van der Waals surface area contributed by atoms with E-state index >= 15 is 0 Å². The lowest BCUT2D eigenvalue weighted by Crippen LogP contribution is -2.25. The van der Waals surface area contributed by atoms with Crippen LogP contribution in [0.2, 0.25) is 0 Å². The van der Waals surface area contributed by atoms with Crippen molar-refractivity contribution in [3.8, 4) is 5.75 Å². The molecule has 112 valence electrons. The highest BCUT2D eigenvalue weighted by Gasteiger charge is 2.19. The van der Waals surface area contributed by atoms with Crippen LogP contribution in [0.4, 0.5) is 0 Å². The first-order chi connectivity index (χ1) is 10.2. The van der Waals surface area contributed by atoms with Crippen molar-refractivity contribution in [2.24, 2.45) is 0 Å². The summed E-state index contributed by atoms with van der Waals surface area (Å²) in [7, 11) is 3.70. The number of rotatable bonds is 6. The van der Waals surface area contributed by atoms with E-state index in [1.54, 1.807) is 7.11 Å². The predicted molar refractivity (Wildman–Crippen MR) is 94.3 cm³/mol. The van der Waals surface area contributed by atoms with E-state index in [4.69, 9.17) is 4.74 Å². The van der Waals surface area contributed by atoms with Crippen LogP contribution >= 0.6 is 27.7 Å². The van der Waals surface area contributed by atoms with Crippen LogP contribution in [0.15, 0.2) is 57.9 Å². The lowest BCUT2D eigenvalue weighted by molar-refractivity contribution is 0.414. The molecule has 2 aromatic carbocycles. The highest BCUT2D eigenvalue weighted by molar-refractivity contribution is 9.10. The molecule has 21 heavy (non-hydrogen) atoms. The van der Waals surface area contributed by atoms with Gasteiger partial charge in [-0.25, -0.2) is 0 Å². The fourth-order valence-corrected chi connectivity index (χ4v) is 4.03. The molecule has 1 N–H and O–H groups in total. The van der Waals surface area contributed by atoms with Crippen molar-refractivity contribution < 1.29 is 4.74 Å². The fraction of sp³-hybridized carbons (Fsp3) is 0.294. The molecule has 0 fully saturated rings. The number of thioether (sulfide) groups is 1. The first kappa shape index (κ1) is 16.4. The molecule has 0 heterocycles. The molecule has 2 nitrogen and oxygen atoms in total. The SMILES string of the molecule is CNC(c1ccc(OC)cc1)C(C)Sc1ccccc1Br. The van der Waals surface area contributed by atoms with Gasteiger partial charge in [0.1, 0.15) is 5.75 Å². The third-order valence-electron chi connectivity index (χ3n) is 3.40. The van der Waals surface area contributed by atoms with Crippen molar-refractivity contribution in [1.29, 1.82) is 0 Å². The number of nitrogens with one attached hydrogen (secondary N) is 1. The molecular weight excluding hydrogens is 346 g/mol. The first-order valence-electron chi connectivity index (χ1n) is 6.88. The van der Waals surface area contributed by atoms with Crippen LogP contribution in [0.25, 0.3) is 0 Å². The van der Waals surface area contributed by atoms with Crippen LogP contribution in [0.5, 0.6) is 5.75 Å². The summed E-state index contributed by atoms with van der Waals surface area (Å²) >= 11 is 5.48. The highest BCUT2D eigenvalue weighted by Crippen LogP contribution is 2.35. The molecule has 2 rings (SSSR count). The van der Waals surface area contributed by atoms with Gasteiger partial charge in [-0.05, 0) is 52.8 Å². The highest BCUT2D eigenvalue weighted by atomic mass is 79.9. The molecule has 0 aliphatic carbocycles. The number of ether oxygens (including phenoxy) is 1. The van der Waals surface area contributed by atoms with Crippen LogP contribution in [-0.2, 0) is 0 Å². The van der Waals surface area contributed by atoms with E-state index in [0.717, 1.165) is 10.2 Å². The van der Waals surface area contributed by atoms with Crippen molar-refractivity contribution >= 4 is 27.7 Å². The summed E-state index contributed by atoms with van der Waals surface area (Å²) in [6, 6.07) is 16.9. The summed E-state index contributed by atoms with van der Waals surface area (Å²) < 4.78 is 6.37. The Kier molecular flexibility index (Phi) is 6.15. The van der Waals surface area contributed by atoms with E-state index in [1.807, 2.05) is 37.0 Å². The Morgan fingerprint density at radius 1 is 1.10 bits per heavy atom. The largest absolute Gasteiger partial charge is 0.497 e. The van der Waals surface area contributed by atoms with Gasteiger partial charge in [0.25, 0.3) is 0 Å². The third-order valence-corrected chi connectivity index (χ3v) is 5.61. The second-order valence-corrected chi connectivity index (χ2v) is 7.07. The van der Waals surface area contributed by atoms with E-state index in [-0.39, 0.29) is 6.04 Å². The van der Waals surface area contributed by atoms with Crippen molar-refractivity contribution in [2.75, 3.05) is 14.2 Å². The van der Waals surface area contributed by atoms with Crippen molar-refractivity contribution in [2.45, 2.75) is 23.1 Å². The molecule has 0 aliphatic heterocycles. The van der Waals surface area contributed by atoms with Crippen LogP contribution in [0.3, 0.4) is 0 Å². The number of methoxy groups -OCH3 is 1. The summed E-state index contributed by atoms with van der Waals surface area (Å²) in [5.41, 5.74) is 1.27. The van der Waals surface area contributed by atoms with Gasteiger partial charge < -0.3 is 10.1 Å². The Balaban J connectivity index is 2.14. The topological polar surface area (TPSA) is 21.3 Å². The molecular formula is C17H20BrNOS. The van der Waals surface area contributed by atoms with Crippen molar-refractivity contribution in [3.63, 3.8) is 0 Å². The molecule has 0 bridgehead atoms. The summed E-state index contributed by atoms with van der Waals surface area (Å²) in [5, 5.41) is 3.82. The molecule has 0 amide bonds. The summed E-state index contributed by atoms with van der Waals surface area (Å²) in [6.07, 6.45) is 0. The lowest BCUT2D eigenvalue weighted by Gasteiger charge is -2.24. The molecule has 0 radical (unpaired) electrons. The minimum absolute atomic E-state index is 0.285. The second kappa shape index (κ2) is 7.87. The van der Waals surface area contributed by atoms with Gasteiger partial charge in [-0.3, -0.25) is 0 Å². The van der Waals surface area contributed by atoms with E-state index in [1.165, 1.54) is 10.5 Å². The normalized spacial score (nSPS) is 13.7. The minimum atomic E-state index is 0.285. The Morgan fingerprint density at radius 2 is 1.76 bits per heavy atom. The predicted octanol–water partition coefficient (Wildman–Crippen LogP) is 4.90. The molecule has 0 aliphatic rings. The quantitative estimate of drug-likeness (QED) is 0.735. The van der Waals surface area contributed by atoms with Crippen LogP contribution in [0.1, 0.15) is 18.5 Å². The molecule has 0 saturated heterocycles. The van der Waals surface area contributed by atoms with E-state index in [2.05, 4.69) is 58.5 Å². The molecule has 0 spiro atoms. The summed E-state index contributed by atoms with van der Waals surface area (Å²) in [5.74, 6) is 0.889. The Hall–Kier alpha value is -0.970. The maximum absolute atomic E-state index is 5.22. The maximum atomic E-state index is 5.22. The van der Waals surface area contributed by atoms with E-state index in [0.29, 0.717) is 5.25 Å². The van der Waals surface area contributed by atoms with Crippen molar-refractivity contribution in [1.82, 2.24) is 5.32 Å². The van der Waals surface area contributed by atoms with Gasteiger partial charge in [-0.2, -0.15) is 0 Å². The zero-order valence-corrected chi connectivity index (χ0v) is 14.9. The van der Waals surface area contributed by atoms with Crippen molar-refractivity contribution in [3.05, 3.63) is 58.6 Å². The Labute approximate surface area is 139 Å². The van der Waals surface area contributed by atoms with Gasteiger partial charge in [0.2, 0.25) is 0 Å². The van der Waals surface area contributed by atoms with Gasteiger partial charge >= 0.3 is 0 Å². The summed E-state index contributed by atoms with van der Waals surface area (Å²) in [4.78, 5) is 1.26. The second-order valence-electron chi connectivity index (χ2n) is 4.79. The molecule has 2 atom stereocenters. The molecule has 2 unspecified atom stereocenters. The number of benzene rings is 2. The minimum Gasteiger partial charge on any atom is -0.497 e. The smallest absolute Gasteiger partial charge is 0.118 e. The van der Waals surface area contributed by atoms with Crippen LogP contribution < -0.4 is 10.1 Å². The third kappa shape index (κ3) is 4.25. The van der Waals surface area contributed by atoms with E-state index < -0.39 is 0 Å². The molecule has 0 saturated carbocycles. The van der Waals surface area contributed by atoms with Gasteiger partial charge in [0, 0.05) is 20.7 Å². The number of halogens is 1. The molecule has 0 aromatic heterocycles. The number of hydrogen-bond acceptors (Lipinski definition) is 3. The van der Waals surface area contributed by atoms with Crippen LogP contribution in [0, 0.1) is 0 Å². The average Bonchev–Trinajstić information content (AvgIpc) is 2.51.